The molecule has 62 valence electrons. The molecule has 0 atom stereocenters. The van der Waals surface area contributed by atoms with Gasteiger partial charge in [-0.2, -0.15) is 0 Å². The van der Waals surface area contributed by atoms with E-state index in [0.717, 1.165) is 19.3 Å². The maximum Gasteiger partial charge on any atom is 0.0941 e. The first kappa shape index (κ1) is 8.23. The van der Waals surface area contributed by atoms with Crippen molar-refractivity contribution >= 4 is 51.3 Å². The highest BCUT2D eigenvalue weighted by atomic mass is 35.5. The van der Waals surface area contributed by atoms with Crippen LogP contribution in [0.15, 0.2) is 23.1 Å². The summed E-state index contributed by atoms with van der Waals surface area (Å²) in [5, 5.41) is 0.998. The first-order valence-electron chi connectivity index (χ1n) is 3.35. The van der Waals surface area contributed by atoms with Crippen molar-refractivity contribution in [3.8, 4) is 0 Å². The van der Waals surface area contributed by atoms with Crippen molar-refractivity contribution in [1.82, 2.24) is 0 Å². The summed E-state index contributed by atoms with van der Waals surface area (Å²) in [6, 6.07) is 5.73. The summed E-state index contributed by atoms with van der Waals surface area (Å²) in [5.74, 6) is 0. The standard InChI is InChI=1S/C8H6ClNS2/c9-7-3-4-6(12-7)2-1-5(11)8(4)10/h1-3,11H,10H2. The quantitative estimate of drug-likeness (QED) is 0.511. The van der Waals surface area contributed by atoms with Crippen molar-refractivity contribution in [2.75, 3.05) is 5.73 Å². The van der Waals surface area contributed by atoms with E-state index in [-0.39, 0.29) is 0 Å². The van der Waals surface area contributed by atoms with Gasteiger partial charge in [0.25, 0.3) is 0 Å². The van der Waals surface area contributed by atoms with Crippen molar-refractivity contribution < 1.29 is 0 Å². The third kappa shape index (κ3) is 1.18. The highest BCUT2D eigenvalue weighted by Crippen LogP contribution is 2.35. The van der Waals surface area contributed by atoms with Crippen LogP contribution in [0.25, 0.3) is 10.1 Å². The highest BCUT2D eigenvalue weighted by Gasteiger charge is 2.04. The van der Waals surface area contributed by atoms with Crippen LogP contribution in [0, 0.1) is 0 Å². The van der Waals surface area contributed by atoms with E-state index in [1.807, 2.05) is 18.2 Å². The number of nitrogens with two attached hydrogens (primary N) is 1. The third-order valence-corrected chi connectivity index (χ3v) is 3.31. The van der Waals surface area contributed by atoms with E-state index in [1.165, 1.54) is 11.3 Å². The van der Waals surface area contributed by atoms with Crippen LogP contribution in [0.1, 0.15) is 0 Å². The molecule has 2 aromatic rings. The topological polar surface area (TPSA) is 26.0 Å². The lowest BCUT2D eigenvalue weighted by Crippen LogP contribution is -1.85. The number of nitrogen functional groups attached to an aromatic ring is 1. The predicted molar refractivity (Wildman–Crippen MR) is 58.5 cm³/mol. The monoisotopic (exact) mass is 215 g/mol. The number of benzene rings is 1. The number of fused-ring (bicyclic) bond motifs is 1. The fourth-order valence-electron chi connectivity index (χ4n) is 1.09. The molecule has 0 saturated heterocycles. The second kappa shape index (κ2) is 2.83. The molecule has 0 amide bonds. The minimum absolute atomic E-state index is 0.707. The number of anilines is 1. The van der Waals surface area contributed by atoms with Gasteiger partial charge in [0.1, 0.15) is 0 Å². The van der Waals surface area contributed by atoms with E-state index in [4.69, 9.17) is 17.3 Å². The normalized spacial score (nSPS) is 10.8. The first-order chi connectivity index (χ1) is 5.68. The van der Waals surface area contributed by atoms with Crippen molar-refractivity contribution in [2.45, 2.75) is 4.90 Å². The molecule has 2 rings (SSSR count). The Labute approximate surface area is 84.6 Å². The van der Waals surface area contributed by atoms with Crippen LogP contribution in [-0.2, 0) is 0 Å². The largest absolute Gasteiger partial charge is 0.397 e. The van der Waals surface area contributed by atoms with E-state index < -0.39 is 0 Å². The summed E-state index contributed by atoms with van der Waals surface area (Å²) in [4.78, 5) is 0.803. The van der Waals surface area contributed by atoms with Gasteiger partial charge in [0, 0.05) is 15.0 Å². The van der Waals surface area contributed by atoms with Crippen LogP contribution in [0.4, 0.5) is 5.69 Å². The number of rotatable bonds is 0. The van der Waals surface area contributed by atoms with Gasteiger partial charge in [-0.25, -0.2) is 0 Å². The Morgan fingerprint density at radius 1 is 1.42 bits per heavy atom. The lowest BCUT2D eigenvalue weighted by atomic mass is 10.2. The fraction of sp³-hybridized carbons (Fsp3) is 0. The number of thiol groups is 1. The van der Waals surface area contributed by atoms with Gasteiger partial charge < -0.3 is 5.73 Å². The zero-order valence-corrected chi connectivity index (χ0v) is 8.51. The highest BCUT2D eigenvalue weighted by molar-refractivity contribution is 7.80. The molecule has 1 nitrogen and oxygen atoms in total. The molecule has 0 aliphatic rings. The first-order valence-corrected chi connectivity index (χ1v) is 4.99. The van der Waals surface area contributed by atoms with Crippen molar-refractivity contribution in [3.05, 3.63) is 22.5 Å². The smallest absolute Gasteiger partial charge is 0.0941 e. The molecule has 1 aromatic heterocycles. The van der Waals surface area contributed by atoms with E-state index >= 15 is 0 Å². The molecule has 1 aromatic carbocycles. The lowest BCUT2D eigenvalue weighted by Gasteiger charge is -1.98. The van der Waals surface area contributed by atoms with Crippen molar-refractivity contribution in [1.29, 1.82) is 0 Å². The minimum atomic E-state index is 0.707. The van der Waals surface area contributed by atoms with Crippen LogP contribution in [0.5, 0.6) is 0 Å². The molecular weight excluding hydrogens is 210 g/mol. The Morgan fingerprint density at radius 3 is 2.92 bits per heavy atom. The number of halogens is 1. The van der Waals surface area contributed by atoms with Gasteiger partial charge in [-0.1, -0.05) is 11.6 Å². The molecule has 2 N–H and O–H groups in total. The molecule has 0 radical (unpaired) electrons. The molecular formula is C8H6ClNS2. The maximum absolute atomic E-state index is 5.85. The molecule has 0 aliphatic heterocycles. The summed E-state index contributed by atoms with van der Waals surface area (Å²) in [6.45, 7) is 0. The van der Waals surface area contributed by atoms with Crippen molar-refractivity contribution in [2.24, 2.45) is 0 Å². The van der Waals surface area contributed by atoms with Gasteiger partial charge >= 0.3 is 0 Å². The fourth-order valence-corrected chi connectivity index (χ4v) is 2.45. The molecule has 4 heteroatoms. The molecule has 0 fully saturated rings. The Hall–Kier alpha value is -0.380. The van der Waals surface area contributed by atoms with E-state index in [1.54, 1.807) is 0 Å². The van der Waals surface area contributed by atoms with E-state index in [0.29, 0.717) is 5.69 Å². The van der Waals surface area contributed by atoms with E-state index in [2.05, 4.69) is 12.6 Å². The summed E-state index contributed by atoms with van der Waals surface area (Å²) in [6.07, 6.45) is 0. The Morgan fingerprint density at radius 2 is 2.17 bits per heavy atom. The molecule has 0 aliphatic carbocycles. The maximum atomic E-state index is 5.85. The number of hydrogen-bond donors (Lipinski definition) is 2. The van der Waals surface area contributed by atoms with Crippen molar-refractivity contribution in [3.63, 3.8) is 0 Å². The second-order valence-corrected chi connectivity index (χ2v) is 4.66. The van der Waals surface area contributed by atoms with Gasteiger partial charge in [0.15, 0.2) is 0 Å². The Kier molecular flexibility index (Phi) is 1.94. The molecule has 0 spiro atoms. The molecule has 0 saturated carbocycles. The van der Waals surface area contributed by atoms with Crippen LogP contribution >= 0.6 is 35.6 Å². The summed E-state index contributed by atoms with van der Waals surface area (Å²) in [7, 11) is 0. The number of thiophene rings is 1. The zero-order valence-electron chi connectivity index (χ0n) is 6.04. The average Bonchev–Trinajstić information content (AvgIpc) is 2.39. The van der Waals surface area contributed by atoms with Crippen LogP contribution in [0.2, 0.25) is 4.34 Å². The second-order valence-electron chi connectivity index (χ2n) is 2.46. The molecule has 12 heavy (non-hydrogen) atoms. The predicted octanol–water partition coefficient (Wildman–Crippen LogP) is 3.43. The van der Waals surface area contributed by atoms with Gasteiger partial charge in [-0.05, 0) is 18.2 Å². The summed E-state index contributed by atoms with van der Waals surface area (Å²) < 4.78 is 1.87. The average molecular weight is 216 g/mol. The molecule has 0 unspecified atom stereocenters. The van der Waals surface area contributed by atoms with Crippen LogP contribution in [-0.4, -0.2) is 0 Å². The lowest BCUT2D eigenvalue weighted by molar-refractivity contribution is 1.53. The number of hydrogen-bond acceptors (Lipinski definition) is 3. The van der Waals surface area contributed by atoms with E-state index in [9.17, 15) is 0 Å². The third-order valence-electron chi connectivity index (χ3n) is 1.69. The van der Waals surface area contributed by atoms with Crippen LogP contribution < -0.4 is 5.73 Å². The minimum Gasteiger partial charge on any atom is -0.397 e. The Balaban J connectivity index is 2.89. The van der Waals surface area contributed by atoms with Gasteiger partial charge in [0.05, 0.1) is 10.0 Å². The van der Waals surface area contributed by atoms with Gasteiger partial charge in [0.2, 0.25) is 0 Å². The summed E-state index contributed by atoms with van der Waals surface area (Å²) in [5.41, 5.74) is 6.51. The molecule has 0 bridgehead atoms. The summed E-state index contributed by atoms with van der Waals surface area (Å²) >= 11 is 11.6. The SMILES string of the molecule is Nc1c(S)ccc2sc(Cl)cc12. The van der Waals surface area contributed by atoms with Gasteiger partial charge in [-0.15, -0.1) is 24.0 Å². The zero-order chi connectivity index (χ0) is 8.72. The Bertz CT molecular complexity index is 436. The van der Waals surface area contributed by atoms with Crippen LogP contribution in [0.3, 0.4) is 0 Å². The molecule has 1 heterocycles. The van der Waals surface area contributed by atoms with Gasteiger partial charge in [-0.3, -0.25) is 0 Å².